The molecule has 1 heterocycles. The lowest BCUT2D eigenvalue weighted by Gasteiger charge is -2.22. The van der Waals surface area contributed by atoms with Gasteiger partial charge in [0.1, 0.15) is 12.4 Å². The van der Waals surface area contributed by atoms with E-state index in [-0.39, 0.29) is 23.8 Å². The highest BCUT2D eigenvalue weighted by atomic mass is 16.5. The van der Waals surface area contributed by atoms with E-state index in [1.165, 1.54) is 23.3 Å². The van der Waals surface area contributed by atoms with E-state index >= 15 is 0 Å². The molecule has 0 aliphatic heterocycles. The summed E-state index contributed by atoms with van der Waals surface area (Å²) in [6, 6.07) is 9.56. The zero-order valence-corrected chi connectivity index (χ0v) is 20.4. The number of aryl methyl sites for hydroxylation is 2. The van der Waals surface area contributed by atoms with Crippen LogP contribution in [-0.2, 0) is 28.4 Å². The van der Waals surface area contributed by atoms with Crippen LogP contribution in [0.25, 0.3) is 0 Å². The molecule has 0 bridgehead atoms. The van der Waals surface area contributed by atoms with Crippen molar-refractivity contribution in [1.82, 2.24) is 14.7 Å². The third kappa shape index (κ3) is 7.48. The monoisotopic (exact) mass is 442 g/mol. The minimum absolute atomic E-state index is 0.0591. The molecular formula is C25H38N4O3. The average molecular weight is 443 g/mol. The molecule has 1 N–H and O–H groups in total. The summed E-state index contributed by atoms with van der Waals surface area (Å²) >= 11 is 0. The zero-order chi connectivity index (χ0) is 23.7. The number of amides is 2. The fourth-order valence-electron chi connectivity index (χ4n) is 3.34. The molecule has 0 radical (unpaired) electrons. The Kier molecular flexibility index (Phi) is 9.44. The molecule has 1 aromatic carbocycles. The Hall–Kier alpha value is -2.67. The molecular weight excluding hydrogens is 404 g/mol. The van der Waals surface area contributed by atoms with Gasteiger partial charge in [0.15, 0.2) is 0 Å². The molecule has 2 aromatic rings. The molecule has 0 saturated carbocycles. The molecule has 0 aliphatic carbocycles. The van der Waals surface area contributed by atoms with Crippen LogP contribution in [0.1, 0.15) is 68.6 Å². The summed E-state index contributed by atoms with van der Waals surface area (Å²) in [6.45, 7) is 9.03. The van der Waals surface area contributed by atoms with Gasteiger partial charge in [-0.25, -0.2) is 0 Å². The summed E-state index contributed by atoms with van der Waals surface area (Å²) in [4.78, 5) is 27.4. The van der Waals surface area contributed by atoms with Gasteiger partial charge in [0.05, 0.1) is 12.3 Å². The van der Waals surface area contributed by atoms with Gasteiger partial charge >= 0.3 is 0 Å². The van der Waals surface area contributed by atoms with Crippen molar-refractivity contribution < 1.29 is 14.3 Å². The summed E-state index contributed by atoms with van der Waals surface area (Å²) in [5, 5.41) is 7.36. The van der Waals surface area contributed by atoms with Crippen LogP contribution in [0.2, 0.25) is 0 Å². The molecule has 0 spiro atoms. The van der Waals surface area contributed by atoms with E-state index in [1.807, 2.05) is 30.3 Å². The number of benzene rings is 1. The maximum atomic E-state index is 13.1. The maximum absolute atomic E-state index is 13.1. The van der Waals surface area contributed by atoms with Crippen LogP contribution >= 0.6 is 0 Å². The van der Waals surface area contributed by atoms with Crippen molar-refractivity contribution in [3.63, 3.8) is 0 Å². The van der Waals surface area contributed by atoms with Crippen molar-refractivity contribution >= 4 is 17.6 Å². The summed E-state index contributed by atoms with van der Waals surface area (Å²) in [5.74, 6) is 0.155. The standard InChI is InChI=1S/C25H38N4O3/c1-7-8-9-10-19-11-13-20(14-12-19)24(31)29(15-16-32-6)18-23(30)26-22-17-21(25(2,3)4)27-28(22)5/h11-14,17H,7-10,15-16,18H2,1-6H3,(H,26,30). The molecule has 0 fully saturated rings. The topological polar surface area (TPSA) is 76.5 Å². The lowest BCUT2D eigenvalue weighted by molar-refractivity contribution is -0.117. The van der Waals surface area contributed by atoms with Crippen LogP contribution in [0.3, 0.4) is 0 Å². The molecule has 2 rings (SSSR count). The SMILES string of the molecule is CCCCCc1ccc(C(=O)N(CCOC)CC(=O)Nc2cc(C(C)(C)C)nn2C)cc1. The molecule has 32 heavy (non-hydrogen) atoms. The van der Waals surface area contributed by atoms with Gasteiger partial charge in [-0.05, 0) is 30.5 Å². The van der Waals surface area contributed by atoms with Gasteiger partial charge in [-0.1, -0.05) is 52.7 Å². The van der Waals surface area contributed by atoms with Crippen LogP contribution in [0.15, 0.2) is 30.3 Å². The second-order valence-corrected chi connectivity index (χ2v) is 9.21. The number of nitrogens with zero attached hydrogens (tertiary/aromatic N) is 3. The van der Waals surface area contributed by atoms with Gasteiger partial charge in [0, 0.05) is 37.7 Å². The normalized spacial score (nSPS) is 11.4. The second kappa shape index (κ2) is 11.8. The van der Waals surface area contributed by atoms with E-state index in [0.29, 0.717) is 24.5 Å². The number of rotatable bonds is 11. The van der Waals surface area contributed by atoms with Crippen LogP contribution in [0, 0.1) is 0 Å². The highest BCUT2D eigenvalue weighted by molar-refractivity contribution is 5.99. The Morgan fingerprint density at radius 3 is 2.41 bits per heavy atom. The minimum Gasteiger partial charge on any atom is -0.383 e. The van der Waals surface area contributed by atoms with Gasteiger partial charge < -0.3 is 15.0 Å². The van der Waals surface area contributed by atoms with E-state index in [1.54, 1.807) is 18.8 Å². The van der Waals surface area contributed by atoms with Crippen LogP contribution in [0.4, 0.5) is 5.82 Å². The number of ether oxygens (including phenoxy) is 1. The van der Waals surface area contributed by atoms with Crippen molar-refractivity contribution in [3.05, 3.63) is 47.2 Å². The largest absolute Gasteiger partial charge is 0.383 e. The molecule has 1 aromatic heterocycles. The third-order valence-corrected chi connectivity index (χ3v) is 5.37. The average Bonchev–Trinajstić information content (AvgIpc) is 3.12. The van der Waals surface area contributed by atoms with Crippen molar-refractivity contribution in [2.24, 2.45) is 7.05 Å². The molecule has 176 valence electrons. The first-order valence-corrected chi connectivity index (χ1v) is 11.4. The van der Waals surface area contributed by atoms with Crippen molar-refractivity contribution in [1.29, 1.82) is 0 Å². The Labute approximate surface area is 192 Å². The Bertz CT molecular complexity index is 882. The molecule has 0 aliphatic rings. The fourth-order valence-corrected chi connectivity index (χ4v) is 3.34. The molecule has 0 atom stereocenters. The van der Waals surface area contributed by atoms with E-state index < -0.39 is 0 Å². The minimum atomic E-state index is -0.269. The molecule has 0 saturated heterocycles. The van der Waals surface area contributed by atoms with Crippen LogP contribution in [0.5, 0.6) is 0 Å². The third-order valence-electron chi connectivity index (χ3n) is 5.37. The number of carbonyl (C=O) groups excluding carboxylic acids is 2. The number of carbonyl (C=O) groups is 2. The van der Waals surface area contributed by atoms with Crippen molar-refractivity contribution in [2.75, 3.05) is 32.1 Å². The Morgan fingerprint density at radius 2 is 1.84 bits per heavy atom. The van der Waals surface area contributed by atoms with Crippen LogP contribution < -0.4 is 5.32 Å². The summed E-state index contributed by atoms with van der Waals surface area (Å²) in [6.07, 6.45) is 4.55. The van der Waals surface area contributed by atoms with Crippen molar-refractivity contribution in [2.45, 2.75) is 58.8 Å². The van der Waals surface area contributed by atoms with Crippen molar-refractivity contribution in [3.8, 4) is 0 Å². The number of hydrogen-bond acceptors (Lipinski definition) is 4. The summed E-state index contributed by atoms with van der Waals surface area (Å²) < 4.78 is 6.80. The molecule has 7 heteroatoms. The molecule has 7 nitrogen and oxygen atoms in total. The number of aromatic nitrogens is 2. The Balaban J connectivity index is 2.06. The number of anilines is 1. The van der Waals surface area contributed by atoms with Gasteiger partial charge in [0.2, 0.25) is 5.91 Å². The smallest absolute Gasteiger partial charge is 0.254 e. The zero-order valence-electron chi connectivity index (χ0n) is 20.4. The van der Waals surface area contributed by atoms with Gasteiger partial charge in [-0.2, -0.15) is 5.10 Å². The van der Waals surface area contributed by atoms with E-state index in [2.05, 4.69) is 38.1 Å². The van der Waals surface area contributed by atoms with E-state index in [4.69, 9.17) is 4.74 Å². The number of methoxy groups -OCH3 is 1. The lowest BCUT2D eigenvalue weighted by atomic mass is 9.92. The summed E-state index contributed by atoms with van der Waals surface area (Å²) in [5.41, 5.74) is 2.57. The summed E-state index contributed by atoms with van der Waals surface area (Å²) in [7, 11) is 3.37. The number of nitrogens with one attached hydrogen (secondary N) is 1. The van der Waals surface area contributed by atoms with Gasteiger partial charge in [-0.3, -0.25) is 14.3 Å². The highest BCUT2D eigenvalue weighted by Crippen LogP contribution is 2.23. The maximum Gasteiger partial charge on any atom is 0.254 e. The van der Waals surface area contributed by atoms with E-state index in [0.717, 1.165) is 18.5 Å². The number of unbranched alkanes of at least 4 members (excludes halogenated alkanes) is 2. The van der Waals surface area contributed by atoms with E-state index in [9.17, 15) is 9.59 Å². The highest BCUT2D eigenvalue weighted by Gasteiger charge is 2.22. The van der Waals surface area contributed by atoms with Crippen LogP contribution in [-0.4, -0.2) is 53.3 Å². The fraction of sp³-hybridized carbons (Fsp3) is 0.560. The second-order valence-electron chi connectivity index (χ2n) is 9.21. The first-order chi connectivity index (χ1) is 15.2. The molecule has 0 unspecified atom stereocenters. The first kappa shape index (κ1) is 25.6. The van der Waals surface area contributed by atoms with Gasteiger partial charge in [0.25, 0.3) is 5.91 Å². The number of hydrogen-bond donors (Lipinski definition) is 1. The Morgan fingerprint density at radius 1 is 1.16 bits per heavy atom. The van der Waals surface area contributed by atoms with Gasteiger partial charge in [-0.15, -0.1) is 0 Å². The lowest BCUT2D eigenvalue weighted by Crippen LogP contribution is -2.40. The quantitative estimate of drug-likeness (QED) is 0.530. The first-order valence-electron chi connectivity index (χ1n) is 11.4. The predicted molar refractivity (Wildman–Crippen MR) is 128 cm³/mol. The molecule has 2 amide bonds. The predicted octanol–water partition coefficient (Wildman–Crippen LogP) is 4.18.